The molecule has 0 heterocycles. The predicted molar refractivity (Wildman–Crippen MR) is 75.6 cm³/mol. The van der Waals surface area contributed by atoms with Gasteiger partial charge in [-0.15, -0.1) is 0 Å². The molecule has 2 N–H and O–H groups in total. The van der Waals surface area contributed by atoms with Crippen molar-refractivity contribution >= 4 is 33.3 Å². The van der Waals surface area contributed by atoms with Gasteiger partial charge in [0.05, 0.1) is 15.6 Å². The fraction of sp³-hybridized carbons (Fsp3) is 0. The lowest BCUT2D eigenvalue weighted by Gasteiger charge is -2.09. The highest BCUT2D eigenvalue weighted by molar-refractivity contribution is 7.85. The summed E-state index contributed by atoms with van der Waals surface area (Å²) in [5.41, 5.74) is -0.447. The number of hydrogen-bond donors (Lipinski definition) is 2. The van der Waals surface area contributed by atoms with E-state index < -0.39 is 32.6 Å². The number of carbonyl (C=O) groups is 1. The van der Waals surface area contributed by atoms with Crippen LogP contribution in [-0.2, 0) is 10.1 Å². The number of anilines is 1. The van der Waals surface area contributed by atoms with Crippen molar-refractivity contribution in [3.8, 4) is 0 Å². The van der Waals surface area contributed by atoms with Crippen molar-refractivity contribution < 1.29 is 26.5 Å². The number of benzene rings is 2. The SMILES string of the molecule is O=C(Nc1cc(S(=O)(=O)O)ccc1Cl)c1cc(F)cc(F)c1. The first kappa shape index (κ1) is 16.3. The maximum Gasteiger partial charge on any atom is 0.294 e. The molecule has 0 aliphatic heterocycles. The smallest absolute Gasteiger partial charge is 0.294 e. The van der Waals surface area contributed by atoms with Gasteiger partial charge in [0.2, 0.25) is 0 Å². The fourth-order valence-corrected chi connectivity index (χ4v) is 2.31. The van der Waals surface area contributed by atoms with Crippen LogP contribution in [0.2, 0.25) is 5.02 Å². The Morgan fingerprint density at radius 2 is 1.68 bits per heavy atom. The van der Waals surface area contributed by atoms with E-state index in [-0.39, 0.29) is 16.3 Å². The van der Waals surface area contributed by atoms with E-state index in [9.17, 15) is 22.0 Å². The van der Waals surface area contributed by atoms with Crippen LogP contribution < -0.4 is 5.32 Å². The number of halogens is 3. The zero-order valence-corrected chi connectivity index (χ0v) is 12.3. The Balaban J connectivity index is 2.36. The average Bonchev–Trinajstić information content (AvgIpc) is 2.38. The highest BCUT2D eigenvalue weighted by Gasteiger charge is 2.15. The molecule has 0 saturated carbocycles. The van der Waals surface area contributed by atoms with Crippen LogP contribution in [0, 0.1) is 11.6 Å². The molecule has 0 aliphatic rings. The fourth-order valence-electron chi connectivity index (χ4n) is 1.64. The molecule has 0 aromatic heterocycles. The van der Waals surface area contributed by atoms with Gasteiger partial charge >= 0.3 is 0 Å². The van der Waals surface area contributed by atoms with Crippen LogP contribution in [0.15, 0.2) is 41.3 Å². The zero-order valence-electron chi connectivity index (χ0n) is 10.7. The summed E-state index contributed by atoms with van der Waals surface area (Å²) in [5, 5.41) is 2.20. The van der Waals surface area contributed by atoms with Gasteiger partial charge in [0.25, 0.3) is 16.0 Å². The third kappa shape index (κ3) is 3.79. The molecule has 2 aromatic carbocycles. The molecule has 1 amide bonds. The standard InChI is InChI=1S/C13H8ClF2NO4S/c14-11-2-1-10(22(19,20)21)6-12(11)17-13(18)7-3-8(15)5-9(16)4-7/h1-6H,(H,17,18)(H,19,20,21). The Bertz CT molecular complexity index is 835. The number of hydrogen-bond acceptors (Lipinski definition) is 3. The van der Waals surface area contributed by atoms with Crippen molar-refractivity contribution in [3.63, 3.8) is 0 Å². The molecule has 0 atom stereocenters. The van der Waals surface area contributed by atoms with Crippen LogP contribution >= 0.6 is 11.6 Å². The van der Waals surface area contributed by atoms with Gasteiger partial charge in [-0.3, -0.25) is 9.35 Å². The summed E-state index contributed by atoms with van der Waals surface area (Å²) >= 11 is 5.80. The van der Waals surface area contributed by atoms with Crippen molar-refractivity contribution in [1.82, 2.24) is 0 Å². The molecule has 0 aliphatic carbocycles. The number of nitrogens with one attached hydrogen (secondary N) is 1. The maximum atomic E-state index is 13.1. The molecule has 9 heteroatoms. The Morgan fingerprint density at radius 3 is 2.23 bits per heavy atom. The second-order valence-electron chi connectivity index (χ2n) is 4.23. The zero-order chi connectivity index (χ0) is 16.5. The van der Waals surface area contributed by atoms with Crippen molar-refractivity contribution in [2.75, 3.05) is 5.32 Å². The number of carbonyl (C=O) groups excluding carboxylic acids is 1. The topological polar surface area (TPSA) is 83.5 Å². The van der Waals surface area contributed by atoms with Crippen LogP contribution in [0.3, 0.4) is 0 Å². The van der Waals surface area contributed by atoms with E-state index in [2.05, 4.69) is 5.32 Å². The quantitative estimate of drug-likeness (QED) is 0.836. The molecule has 0 radical (unpaired) electrons. The van der Waals surface area contributed by atoms with E-state index in [1.807, 2.05) is 0 Å². The highest BCUT2D eigenvalue weighted by Crippen LogP contribution is 2.26. The third-order valence-corrected chi connectivity index (χ3v) is 3.79. The second kappa shape index (κ2) is 5.99. The summed E-state index contributed by atoms with van der Waals surface area (Å²) in [7, 11) is -4.49. The van der Waals surface area contributed by atoms with Crippen LogP contribution in [-0.4, -0.2) is 18.9 Å². The van der Waals surface area contributed by atoms with Crippen molar-refractivity contribution in [2.45, 2.75) is 4.90 Å². The Hall–Kier alpha value is -2.03. The van der Waals surface area contributed by atoms with Gasteiger partial charge < -0.3 is 5.32 Å². The lowest BCUT2D eigenvalue weighted by molar-refractivity contribution is 0.102. The summed E-state index contributed by atoms with van der Waals surface area (Å²) in [4.78, 5) is 11.4. The summed E-state index contributed by atoms with van der Waals surface area (Å²) in [6.45, 7) is 0. The average molecular weight is 348 g/mol. The molecule has 22 heavy (non-hydrogen) atoms. The van der Waals surface area contributed by atoms with Crippen LogP contribution in [0.25, 0.3) is 0 Å². The first-order valence-corrected chi connectivity index (χ1v) is 7.53. The summed E-state index contributed by atoms with van der Waals surface area (Å²) in [6, 6.07) is 5.31. The maximum absolute atomic E-state index is 13.1. The molecular weight excluding hydrogens is 340 g/mol. The van der Waals surface area contributed by atoms with Gasteiger partial charge in [-0.1, -0.05) is 11.6 Å². The van der Waals surface area contributed by atoms with Gasteiger partial charge in [-0.2, -0.15) is 8.42 Å². The number of rotatable bonds is 3. The third-order valence-electron chi connectivity index (χ3n) is 2.61. The largest absolute Gasteiger partial charge is 0.321 e. The minimum Gasteiger partial charge on any atom is -0.321 e. The van der Waals surface area contributed by atoms with E-state index in [0.717, 1.165) is 30.3 Å². The molecule has 0 fully saturated rings. The lowest BCUT2D eigenvalue weighted by Crippen LogP contribution is -2.13. The lowest BCUT2D eigenvalue weighted by atomic mass is 10.2. The van der Waals surface area contributed by atoms with E-state index in [4.69, 9.17) is 16.2 Å². The summed E-state index contributed by atoms with van der Waals surface area (Å²) in [6.07, 6.45) is 0. The van der Waals surface area contributed by atoms with Gasteiger partial charge in [0.15, 0.2) is 0 Å². The molecule has 0 saturated heterocycles. The highest BCUT2D eigenvalue weighted by atomic mass is 35.5. The van der Waals surface area contributed by atoms with Gasteiger partial charge in [0.1, 0.15) is 11.6 Å². The Kier molecular flexibility index (Phi) is 4.45. The summed E-state index contributed by atoms with van der Waals surface area (Å²) < 4.78 is 57.2. The molecule has 0 bridgehead atoms. The van der Waals surface area contributed by atoms with Crippen molar-refractivity contribution in [3.05, 3.63) is 58.6 Å². The van der Waals surface area contributed by atoms with E-state index >= 15 is 0 Å². The monoisotopic (exact) mass is 347 g/mol. The Labute approximate surface area is 129 Å². The van der Waals surface area contributed by atoms with Gasteiger partial charge in [0, 0.05) is 11.6 Å². The minimum atomic E-state index is -4.49. The predicted octanol–water partition coefficient (Wildman–Crippen LogP) is 3.12. The Morgan fingerprint density at radius 1 is 1.09 bits per heavy atom. The van der Waals surface area contributed by atoms with E-state index in [0.29, 0.717) is 6.07 Å². The first-order chi connectivity index (χ1) is 10.2. The molecule has 2 rings (SSSR count). The molecule has 0 spiro atoms. The van der Waals surface area contributed by atoms with Gasteiger partial charge in [-0.05, 0) is 30.3 Å². The molecular formula is C13H8ClF2NO4S. The first-order valence-electron chi connectivity index (χ1n) is 5.71. The van der Waals surface area contributed by atoms with E-state index in [1.54, 1.807) is 0 Å². The minimum absolute atomic E-state index is 0.0161. The van der Waals surface area contributed by atoms with Crippen LogP contribution in [0.4, 0.5) is 14.5 Å². The van der Waals surface area contributed by atoms with Crippen molar-refractivity contribution in [1.29, 1.82) is 0 Å². The molecule has 2 aromatic rings. The molecule has 116 valence electrons. The van der Waals surface area contributed by atoms with Crippen LogP contribution in [0.1, 0.15) is 10.4 Å². The van der Waals surface area contributed by atoms with Gasteiger partial charge in [-0.25, -0.2) is 8.78 Å². The molecule has 0 unspecified atom stereocenters. The second-order valence-corrected chi connectivity index (χ2v) is 6.06. The van der Waals surface area contributed by atoms with E-state index in [1.165, 1.54) is 0 Å². The normalized spacial score (nSPS) is 11.3. The molecule has 5 nitrogen and oxygen atoms in total. The van der Waals surface area contributed by atoms with Crippen molar-refractivity contribution in [2.24, 2.45) is 0 Å². The number of amides is 1. The summed E-state index contributed by atoms with van der Waals surface area (Å²) in [5.74, 6) is -2.78. The van der Waals surface area contributed by atoms with Crippen LogP contribution in [0.5, 0.6) is 0 Å².